The summed E-state index contributed by atoms with van der Waals surface area (Å²) in [4.78, 5) is 26.5. The number of carbonyl (C=O) groups is 2. The zero-order valence-electron chi connectivity index (χ0n) is 12.0. The Hall–Kier alpha value is -1.88. The van der Waals surface area contributed by atoms with E-state index in [-0.39, 0.29) is 24.3 Å². The summed E-state index contributed by atoms with van der Waals surface area (Å²) in [5.74, 6) is -0.222. The molecule has 1 unspecified atom stereocenters. The van der Waals surface area contributed by atoms with Crippen molar-refractivity contribution in [1.82, 2.24) is 10.2 Å². The summed E-state index contributed by atoms with van der Waals surface area (Å²) in [5, 5.41) is 3.16. The smallest absolute Gasteiger partial charge is 0.246 e. The largest absolute Gasteiger partial charge is 0.375 e. The summed E-state index contributed by atoms with van der Waals surface area (Å²) in [7, 11) is 3.59. The number of para-hydroxylation sites is 1. The van der Waals surface area contributed by atoms with Crippen LogP contribution in [-0.4, -0.2) is 49.9 Å². The standard InChI is InChI=1S/C15H21N3O2/c1-17(12-7-4-3-5-8-12)10-6-9-16-13-11-14(19)18(2)15(13)20/h3-5,7-8,13,16H,6,9-11H2,1-2H3. The van der Waals surface area contributed by atoms with E-state index in [1.54, 1.807) is 0 Å². The molecule has 1 aromatic carbocycles. The topological polar surface area (TPSA) is 52.7 Å². The van der Waals surface area contributed by atoms with Gasteiger partial charge in [-0.25, -0.2) is 0 Å². The lowest BCUT2D eigenvalue weighted by Gasteiger charge is -2.19. The molecule has 1 aliphatic rings. The van der Waals surface area contributed by atoms with Crippen LogP contribution in [0.5, 0.6) is 0 Å². The number of imide groups is 1. The number of likely N-dealkylation sites (tertiary alicyclic amines) is 1. The third-order valence-electron chi connectivity index (χ3n) is 3.64. The van der Waals surface area contributed by atoms with Crippen molar-refractivity contribution < 1.29 is 9.59 Å². The fraction of sp³-hybridized carbons (Fsp3) is 0.467. The van der Waals surface area contributed by atoms with Gasteiger partial charge in [-0.2, -0.15) is 0 Å². The van der Waals surface area contributed by atoms with Crippen molar-refractivity contribution in [2.75, 3.05) is 32.1 Å². The zero-order valence-corrected chi connectivity index (χ0v) is 12.0. The number of hydrogen-bond acceptors (Lipinski definition) is 4. The molecule has 0 aliphatic carbocycles. The molecular formula is C15H21N3O2. The van der Waals surface area contributed by atoms with Crippen molar-refractivity contribution in [3.63, 3.8) is 0 Å². The molecule has 20 heavy (non-hydrogen) atoms. The van der Waals surface area contributed by atoms with E-state index < -0.39 is 0 Å². The number of rotatable bonds is 6. The van der Waals surface area contributed by atoms with Gasteiger partial charge < -0.3 is 10.2 Å². The van der Waals surface area contributed by atoms with Gasteiger partial charge in [0.1, 0.15) is 0 Å². The van der Waals surface area contributed by atoms with Crippen LogP contribution in [0.2, 0.25) is 0 Å². The number of nitrogens with one attached hydrogen (secondary N) is 1. The van der Waals surface area contributed by atoms with E-state index >= 15 is 0 Å². The molecule has 2 amide bonds. The van der Waals surface area contributed by atoms with Crippen LogP contribution in [0, 0.1) is 0 Å². The van der Waals surface area contributed by atoms with Gasteiger partial charge in [-0.15, -0.1) is 0 Å². The third kappa shape index (κ3) is 3.36. The maximum atomic E-state index is 11.7. The number of nitrogens with zero attached hydrogens (tertiary/aromatic N) is 2. The molecule has 1 atom stereocenters. The summed E-state index contributed by atoms with van der Waals surface area (Å²) in [5.41, 5.74) is 1.18. The number of anilines is 1. The molecule has 0 radical (unpaired) electrons. The van der Waals surface area contributed by atoms with Crippen molar-refractivity contribution in [3.8, 4) is 0 Å². The van der Waals surface area contributed by atoms with Crippen molar-refractivity contribution in [2.24, 2.45) is 0 Å². The third-order valence-corrected chi connectivity index (χ3v) is 3.64. The Morgan fingerprint density at radius 1 is 1.30 bits per heavy atom. The minimum Gasteiger partial charge on any atom is -0.375 e. The highest BCUT2D eigenvalue weighted by molar-refractivity contribution is 6.05. The Labute approximate surface area is 119 Å². The molecule has 1 saturated heterocycles. The summed E-state index contributed by atoms with van der Waals surface area (Å²) >= 11 is 0. The van der Waals surface area contributed by atoms with Crippen molar-refractivity contribution >= 4 is 17.5 Å². The molecule has 108 valence electrons. The van der Waals surface area contributed by atoms with Gasteiger partial charge in [0.05, 0.1) is 12.5 Å². The summed E-state index contributed by atoms with van der Waals surface area (Å²) in [6, 6.07) is 9.83. The van der Waals surface area contributed by atoms with Crippen LogP contribution in [-0.2, 0) is 9.59 Å². The van der Waals surface area contributed by atoms with Gasteiger partial charge in [-0.1, -0.05) is 18.2 Å². The van der Waals surface area contributed by atoms with Crippen LogP contribution in [0.4, 0.5) is 5.69 Å². The highest BCUT2D eigenvalue weighted by atomic mass is 16.2. The van der Waals surface area contributed by atoms with Gasteiger partial charge in [0.25, 0.3) is 0 Å². The SMILES string of the molecule is CN1C(=O)CC(NCCCN(C)c2ccccc2)C1=O. The molecular weight excluding hydrogens is 254 g/mol. The van der Waals surface area contributed by atoms with E-state index in [1.165, 1.54) is 17.6 Å². The van der Waals surface area contributed by atoms with Gasteiger partial charge in [-0.3, -0.25) is 14.5 Å². The number of likely N-dealkylation sites (N-methyl/N-ethyl adjacent to an activating group) is 1. The second-order valence-electron chi connectivity index (χ2n) is 5.11. The van der Waals surface area contributed by atoms with Crippen LogP contribution in [0.3, 0.4) is 0 Å². The quantitative estimate of drug-likeness (QED) is 0.618. The highest BCUT2D eigenvalue weighted by Gasteiger charge is 2.35. The normalized spacial score (nSPS) is 18.7. The van der Waals surface area contributed by atoms with Crippen molar-refractivity contribution in [1.29, 1.82) is 0 Å². The fourth-order valence-corrected chi connectivity index (χ4v) is 2.32. The second-order valence-corrected chi connectivity index (χ2v) is 5.11. The average molecular weight is 275 g/mol. The Bertz CT molecular complexity index is 475. The summed E-state index contributed by atoms with van der Waals surface area (Å²) in [6.07, 6.45) is 1.21. The van der Waals surface area contributed by atoms with E-state index in [1.807, 2.05) is 25.2 Å². The van der Waals surface area contributed by atoms with Crippen LogP contribution in [0.15, 0.2) is 30.3 Å². The van der Waals surface area contributed by atoms with Gasteiger partial charge >= 0.3 is 0 Å². The van der Waals surface area contributed by atoms with Gasteiger partial charge in [0, 0.05) is 26.3 Å². The number of hydrogen-bond donors (Lipinski definition) is 1. The molecule has 1 N–H and O–H groups in total. The van der Waals surface area contributed by atoms with Crippen LogP contribution < -0.4 is 10.2 Å². The lowest BCUT2D eigenvalue weighted by atomic mass is 10.2. The minimum absolute atomic E-state index is 0.103. The van der Waals surface area contributed by atoms with E-state index in [2.05, 4.69) is 22.3 Å². The lowest BCUT2D eigenvalue weighted by Crippen LogP contribution is -2.38. The maximum absolute atomic E-state index is 11.7. The first-order valence-electron chi connectivity index (χ1n) is 6.89. The number of carbonyl (C=O) groups excluding carboxylic acids is 2. The van der Waals surface area contributed by atoms with Crippen molar-refractivity contribution in [3.05, 3.63) is 30.3 Å². The minimum atomic E-state index is -0.338. The Morgan fingerprint density at radius 2 is 2.00 bits per heavy atom. The number of benzene rings is 1. The monoisotopic (exact) mass is 275 g/mol. The maximum Gasteiger partial charge on any atom is 0.246 e. The molecule has 1 fully saturated rings. The van der Waals surface area contributed by atoms with Gasteiger partial charge in [-0.05, 0) is 25.1 Å². The van der Waals surface area contributed by atoms with Crippen LogP contribution in [0.25, 0.3) is 0 Å². The molecule has 0 spiro atoms. The van der Waals surface area contributed by atoms with Gasteiger partial charge in [0.15, 0.2) is 0 Å². The molecule has 1 aliphatic heterocycles. The molecule has 0 saturated carbocycles. The molecule has 5 heteroatoms. The second kappa shape index (κ2) is 6.52. The van der Waals surface area contributed by atoms with E-state index in [4.69, 9.17) is 0 Å². The van der Waals surface area contributed by atoms with Crippen molar-refractivity contribution in [2.45, 2.75) is 18.9 Å². The van der Waals surface area contributed by atoms with Gasteiger partial charge in [0.2, 0.25) is 11.8 Å². The molecule has 5 nitrogen and oxygen atoms in total. The van der Waals surface area contributed by atoms with E-state index in [9.17, 15) is 9.59 Å². The fourth-order valence-electron chi connectivity index (χ4n) is 2.32. The lowest BCUT2D eigenvalue weighted by molar-refractivity contribution is -0.137. The Kier molecular flexibility index (Phi) is 4.74. The molecule has 0 bridgehead atoms. The molecule has 1 aromatic rings. The highest BCUT2D eigenvalue weighted by Crippen LogP contribution is 2.12. The first-order valence-corrected chi connectivity index (χ1v) is 6.89. The zero-order chi connectivity index (χ0) is 14.5. The first kappa shape index (κ1) is 14.5. The summed E-state index contributed by atoms with van der Waals surface area (Å²) < 4.78 is 0. The molecule has 1 heterocycles. The van der Waals surface area contributed by atoms with E-state index in [0.29, 0.717) is 0 Å². The Balaban J connectivity index is 1.70. The first-order chi connectivity index (χ1) is 9.59. The van der Waals surface area contributed by atoms with E-state index in [0.717, 1.165) is 19.5 Å². The molecule has 2 rings (SSSR count). The predicted octanol–water partition coefficient (Wildman–Crippen LogP) is 0.860. The van der Waals surface area contributed by atoms with Crippen LogP contribution in [0.1, 0.15) is 12.8 Å². The average Bonchev–Trinajstić information content (AvgIpc) is 2.71. The predicted molar refractivity (Wildman–Crippen MR) is 78.5 cm³/mol. The number of amides is 2. The summed E-state index contributed by atoms with van der Waals surface area (Å²) in [6.45, 7) is 1.64. The van der Waals surface area contributed by atoms with Crippen LogP contribution >= 0.6 is 0 Å². The molecule has 0 aromatic heterocycles. The Morgan fingerprint density at radius 3 is 2.60 bits per heavy atom.